The lowest BCUT2D eigenvalue weighted by molar-refractivity contribution is 0.354. The van der Waals surface area contributed by atoms with Crippen LogP contribution in [-0.4, -0.2) is 22.6 Å². The predicted octanol–water partition coefficient (Wildman–Crippen LogP) is 3.45. The van der Waals surface area contributed by atoms with Gasteiger partial charge in [0.15, 0.2) is 11.5 Å². The van der Waals surface area contributed by atoms with Crippen LogP contribution in [0.2, 0.25) is 0 Å². The lowest BCUT2D eigenvalue weighted by atomic mass is 10.2. The molecule has 0 fully saturated rings. The molecule has 1 unspecified atom stereocenters. The van der Waals surface area contributed by atoms with Crippen molar-refractivity contribution in [3.63, 3.8) is 0 Å². The van der Waals surface area contributed by atoms with E-state index in [1.165, 1.54) is 14.2 Å². The Labute approximate surface area is 136 Å². The number of hydrogen-bond acceptors (Lipinski definition) is 4. The number of aryl methyl sites for hydroxylation is 1. The summed E-state index contributed by atoms with van der Waals surface area (Å²) in [5, 5.41) is -1.22. The smallest absolute Gasteiger partial charge is 0.398 e. The first-order valence-electron chi connectivity index (χ1n) is 6.86. The molecule has 0 aliphatic rings. The summed E-state index contributed by atoms with van der Waals surface area (Å²) in [7, 11) is -0.771. The third-order valence-corrected chi connectivity index (χ3v) is 5.38. The number of hydrogen-bond donors (Lipinski definition) is 0. The van der Waals surface area contributed by atoms with Crippen molar-refractivity contribution in [2.24, 2.45) is 0 Å². The van der Waals surface area contributed by atoms with Gasteiger partial charge in [0.2, 0.25) is 0 Å². The van der Waals surface area contributed by atoms with E-state index in [2.05, 4.69) is 4.85 Å². The summed E-state index contributed by atoms with van der Waals surface area (Å²) >= 11 is 0. The third kappa shape index (κ3) is 3.30. The van der Waals surface area contributed by atoms with Crippen LogP contribution in [0.1, 0.15) is 16.5 Å². The number of benzene rings is 2. The van der Waals surface area contributed by atoms with E-state index in [1.807, 2.05) is 6.92 Å². The van der Waals surface area contributed by atoms with Gasteiger partial charge >= 0.3 is 5.37 Å². The Kier molecular flexibility index (Phi) is 4.92. The van der Waals surface area contributed by atoms with Gasteiger partial charge in [-0.3, -0.25) is 0 Å². The van der Waals surface area contributed by atoms with Crippen LogP contribution in [0, 0.1) is 13.5 Å². The summed E-state index contributed by atoms with van der Waals surface area (Å²) in [6, 6.07) is 11.3. The van der Waals surface area contributed by atoms with E-state index in [0.29, 0.717) is 17.1 Å². The molecule has 0 spiro atoms. The molecule has 0 amide bonds. The van der Waals surface area contributed by atoms with Crippen molar-refractivity contribution in [1.82, 2.24) is 0 Å². The van der Waals surface area contributed by atoms with Crippen LogP contribution >= 0.6 is 0 Å². The minimum Gasteiger partial charge on any atom is -0.493 e. The Balaban J connectivity index is 2.51. The maximum atomic E-state index is 12.8. The molecule has 0 N–H and O–H groups in total. The van der Waals surface area contributed by atoms with Gasteiger partial charge in [-0.25, -0.2) is 8.42 Å². The molecule has 23 heavy (non-hydrogen) atoms. The summed E-state index contributed by atoms with van der Waals surface area (Å²) in [5.41, 5.74) is 1.38. The summed E-state index contributed by atoms with van der Waals surface area (Å²) in [6.07, 6.45) is 0. The fraction of sp³-hybridized carbons (Fsp3) is 0.235. The highest BCUT2D eigenvalue weighted by Gasteiger charge is 2.38. The molecule has 2 rings (SSSR count). The minimum absolute atomic E-state index is 0.164. The van der Waals surface area contributed by atoms with Crippen LogP contribution in [0.3, 0.4) is 0 Å². The lowest BCUT2D eigenvalue weighted by Gasteiger charge is -2.10. The van der Waals surface area contributed by atoms with Crippen LogP contribution in [0.25, 0.3) is 4.85 Å². The number of nitrogens with zero attached hydrogens (tertiary/aromatic N) is 1. The van der Waals surface area contributed by atoms with E-state index < -0.39 is 15.2 Å². The van der Waals surface area contributed by atoms with Gasteiger partial charge < -0.3 is 9.47 Å². The second-order valence-corrected chi connectivity index (χ2v) is 6.98. The molecule has 0 aliphatic heterocycles. The molecule has 0 heterocycles. The molecular formula is C17H18NO4S+. The number of methoxy groups -OCH3 is 2. The van der Waals surface area contributed by atoms with Gasteiger partial charge in [0, 0.05) is 0 Å². The number of ether oxygens (including phenoxy) is 2. The maximum Gasteiger partial charge on any atom is 0.398 e. The van der Waals surface area contributed by atoms with Crippen molar-refractivity contribution in [2.45, 2.75) is 17.2 Å². The quantitative estimate of drug-likeness (QED) is 0.841. The van der Waals surface area contributed by atoms with E-state index in [9.17, 15) is 8.42 Å². The van der Waals surface area contributed by atoms with E-state index in [1.54, 1.807) is 42.5 Å². The van der Waals surface area contributed by atoms with Crippen molar-refractivity contribution in [2.75, 3.05) is 14.2 Å². The number of sulfone groups is 1. The zero-order valence-electron chi connectivity index (χ0n) is 13.2. The lowest BCUT2D eigenvalue weighted by Crippen LogP contribution is -2.11. The van der Waals surface area contributed by atoms with Crippen LogP contribution < -0.4 is 9.47 Å². The zero-order valence-corrected chi connectivity index (χ0v) is 14.0. The normalized spacial score (nSPS) is 12.3. The first-order chi connectivity index (χ1) is 10.9. The molecule has 0 aromatic heterocycles. The largest absolute Gasteiger partial charge is 0.493 e. The standard InChI is InChI=1S/C17H18NO4S/c1-12-5-8-14(9-6-12)23(19,20)17(18-2)13-7-10-15(21-3)16(11-13)22-4/h2,5-11,17H,1,3-4H3/q+1. The van der Waals surface area contributed by atoms with Crippen LogP contribution in [-0.2, 0) is 9.84 Å². The Bertz CT molecular complexity index is 836. The fourth-order valence-corrected chi connectivity index (χ4v) is 3.65. The van der Waals surface area contributed by atoms with E-state index in [0.717, 1.165) is 5.56 Å². The first-order valence-corrected chi connectivity index (χ1v) is 8.41. The average Bonchev–Trinajstić information content (AvgIpc) is 2.55. The van der Waals surface area contributed by atoms with Gasteiger partial charge in [0.1, 0.15) is 0 Å². The molecule has 0 saturated carbocycles. The molecule has 0 radical (unpaired) electrons. The SMILES string of the molecule is C#[N+]C(c1ccc(OC)c(OC)c1)S(=O)(=O)c1ccc(C)cc1. The molecule has 0 saturated heterocycles. The van der Waals surface area contributed by atoms with E-state index >= 15 is 0 Å². The number of rotatable bonds is 5. The molecule has 0 bridgehead atoms. The summed E-state index contributed by atoms with van der Waals surface area (Å²) in [5.74, 6) is 0.914. The van der Waals surface area contributed by atoms with Crippen molar-refractivity contribution in [1.29, 1.82) is 0 Å². The average molecular weight is 332 g/mol. The van der Waals surface area contributed by atoms with Gasteiger partial charge in [0.05, 0.1) is 24.7 Å². The van der Waals surface area contributed by atoms with Crippen molar-refractivity contribution < 1.29 is 17.9 Å². The zero-order chi connectivity index (χ0) is 17.0. The highest BCUT2D eigenvalue weighted by molar-refractivity contribution is 7.91. The first kappa shape index (κ1) is 16.8. The van der Waals surface area contributed by atoms with Crippen LogP contribution in [0.4, 0.5) is 0 Å². The van der Waals surface area contributed by atoms with Crippen LogP contribution in [0.15, 0.2) is 47.4 Å². The van der Waals surface area contributed by atoms with E-state index in [-0.39, 0.29) is 4.90 Å². The third-order valence-electron chi connectivity index (χ3n) is 3.47. The molecule has 2 aromatic carbocycles. The van der Waals surface area contributed by atoms with Gasteiger partial charge in [0.25, 0.3) is 16.4 Å². The van der Waals surface area contributed by atoms with Crippen molar-refractivity contribution in [3.8, 4) is 18.1 Å². The molecule has 120 valence electrons. The van der Waals surface area contributed by atoms with Gasteiger partial charge in [-0.1, -0.05) is 22.5 Å². The fourth-order valence-electron chi connectivity index (χ4n) is 2.21. The Morgan fingerprint density at radius 1 is 1.00 bits per heavy atom. The molecule has 6 heteroatoms. The predicted molar refractivity (Wildman–Crippen MR) is 89.0 cm³/mol. The molecule has 2 aromatic rings. The minimum atomic E-state index is -3.75. The highest BCUT2D eigenvalue weighted by atomic mass is 32.2. The molecule has 1 atom stereocenters. The second-order valence-electron chi connectivity index (χ2n) is 4.97. The maximum absolute atomic E-state index is 12.8. The van der Waals surface area contributed by atoms with Gasteiger partial charge in [-0.2, -0.15) is 0 Å². The Morgan fingerprint density at radius 3 is 2.13 bits per heavy atom. The van der Waals surface area contributed by atoms with Crippen molar-refractivity contribution >= 4 is 9.84 Å². The van der Waals surface area contributed by atoms with Crippen molar-refractivity contribution in [3.05, 3.63) is 58.4 Å². The molecule has 0 aliphatic carbocycles. The Hall–Kier alpha value is -2.52. The summed E-state index contributed by atoms with van der Waals surface area (Å²) in [6.45, 7) is 7.28. The molecule has 5 nitrogen and oxygen atoms in total. The van der Waals surface area contributed by atoms with Crippen LogP contribution in [0.5, 0.6) is 11.5 Å². The highest BCUT2D eigenvalue weighted by Crippen LogP contribution is 2.35. The van der Waals surface area contributed by atoms with Gasteiger partial charge in [-0.15, -0.1) is 0 Å². The molecular weight excluding hydrogens is 314 g/mol. The summed E-state index contributed by atoms with van der Waals surface area (Å²) < 4.78 is 35.9. The monoisotopic (exact) mass is 332 g/mol. The Morgan fingerprint density at radius 2 is 1.61 bits per heavy atom. The topological polar surface area (TPSA) is 57.0 Å². The van der Waals surface area contributed by atoms with E-state index in [4.69, 9.17) is 16.0 Å². The second kappa shape index (κ2) is 6.71. The van der Waals surface area contributed by atoms with Gasteiger partial charge in [-0.05, 0) is 37.3 Å². The summed E-state index contributed by atoms with van der Waals surface area (Å²) in [4.78, 5) is 3.74.